The molecule has 0 bridgehead atoms. The molecule has 0 saturated heterocycles. The second kappa shape index (κ2) is 3.93. The molecule has 0 N–H and O–H groups in total. The molecule has 1 saturated carbocycles. The van der Waals surface area contributed by atoms with Gasteiger partial charge in [-0.1, -0.05) is 30.7 Å². The van der Waals surface area contributed by atoms with Crippen LogP contribution in [-0.4, -0.2) is 18.4 Å². The Balaban J connectivity index is 2.33. The van der Waals surface area contributed by atoms with E-state index in [1.807, 2.05) is 7.05 Å². The first-order valence-corrected chi connectivity index (χ1v) is 5.81. The predicted octanol–water partition coefficient (Wildman–Crippen LogP) is 2.63. The molecule has 0 aromatic heterocycles. The second-order valence-corrected chi connectivity index (χ2v) is 5.24. The van der Waals surface area contributed by atoms with E-state index in [-0.39, 0.29) is 0 Å². The Morgan fingerprint density at radius 1 is 1.44 bits per heavy atom. The number of carbonyl (C=O) groups excluding carboxylic acids is 1. The van der Waals surface area contributed by atoms with E-state index in [9.17, 15) is 4.79 Å². The van der Waals surface area contributed by atoms with E-state index in [4.69, 9.17) is 0 Å². The average molecular weight is 217 g/mol. The molecule has 0 aliphatic heterocycles. The highest BCUT2D eigenvalue weighted by Crippen LogP contribution is 2.49. The SMILES string of the molecule is Cc1ccc(C2(C)CC2)c(CN(C)C=O)c1. The number of hydrogen-bond acceptors (Lipinski definition) is 1. The monoisotopic (exact) mass is 217 g/mol. The fraction of sp³-hybridized carbons (Fsp3) is 0.500. The van der Waals surface area contributed by atoms with Crippen LogP contribution in [0.15, 0.2) is 18.2 Å². The third kappa shape index (κ3) is 2.11. The fourth-order valence-electron chi connectivity index (χ4n) is 2.20. The number of rotatable bonds is 4. The molecule has 2 heteroatoms. The minimum absolute atomic E-state index is 0.368. The van der Waals surface area contributed by atoms with Gasteiger partial charge in [0.2, 0.25) is 6.41 Å². The summed E-state index contributed by atoms with van der Waals surface area (Å²) in [4.78, 5) is 12.4. The summed E-state index contributed by atoms with van der Waals surface area (Å²) in [6.45, 7) is 5.13. The highest BCUT2D eigenvalue weighted by atomic mass is 16.1. The summed E-state index contributed by atoms with van der Waals surface area (Å²) in [7, 11) is 1.83. The van der Waals surface area contributed by atoms with Crippen molar-refractivity contribution in [1.29, 1.82) is 0 Å². The van der Waals surface area contributed by atoms with Crippen LogP contribution >= 0.6 is 0 Å². The van der Waals surface area contributed by atoms with Gasteiger partial charge in [-0.25, -0.2) is 0 Å². The molecule has 1 aromatic rings. The predicted molar refractivity (Wildman–Crippen MR) is 65.3 cm³/mol. The molecule has 0 atom stereocenters. The van der Waals surface area contributed by atoms with Crippen molar-refractivity contribution >= 4 is 6.41 Å². The van der Waals surface area contributed by atoms with Crippen molar-refractivity contribution in [1.82, 2.24) is 4.90 Å². The zero-order valence-corrected chi connectivity index (χ0v) is 10.3. The summed E-state index contributed by atoms with van der Waals surface area (Å²) >= 11 is 0. The average Bonchev–Trinajstić information content (AvgIpc) is 2.97. The molecule has 1 aliphatic rings. The van der Waals surface area contributed by atoms with Crippen LogP contribution in [-0.2, 0) is 16.8 Å². The van der Waals surface area contributed by atoms with E-state index in [2.05, 4.69) is 32.0 Å². The zero-order valence-electron chi connectivity index (χ0n) is 10.3. The van der Waals surface area contributed by atoms with Gasteiger partial charge in [0.15, 0.2) is 0 Å². The molecular weight excluding hydrogens is 198 g/mol. The van der Waals surface area contributed by atoms with Crippen LogP contribution < -0.4 is 0 Å². The van der Waals surface area contributed by atoms with Gasteiger partial charge in [0.25, 0.3) is 0 Å². The number of carbonyl (C=O) groups is 1. The topological polar surface area (TPSA) is 20.3 Å². The van der Waals surface area contributed by atoms with Crippen LogP contribution in [0.25, 0.3) is 0 Å². The molecular formula is C14H19NO. The molecule has 1 aliphatic carbocycles. The van der Waals surface area contributed by atoms with Gasteiger partial charge in [-0.05, 0) is 36.3 Å². The number of benzene rings is 1. The Bertz CT molecular complexity index is 407. The zero-order chi connectivity index (χ0) is 11.8. The molecule has 0 heterocycles. The molecule has 0 unspecified atom stereocenters. The maximum atomic E-state index is 10.7. The van der Waals surface area contributed by atoms with Crippen molar-refractivity contribution in [3.8, 4) is 0 Å². The van der Waals surface area contributed by atoms with E-state index in [1.54, 1.807) is 4.90 Å². The van der Waals surface area contributed by atoms with Crippen LogP contribution in [0.3, 0.4) is 0 Å². The second-order valence-electron chi connectivity index (χ2n) is 5.24. The van der Waals surface area contributed by atoms with Crippen LogP contribution in [0.5, 0.6) is 0 Å². The van der Waals surface area contributed by atoms with E-state index in [1.165, 1.54) is 29.5 Å². The van der Waals surface area contributed by atoms with Gasteiger partial charge in [-0.2, -0.15) is 0 Å². The molecule has 2 rings (SSSR count). The first-order valence-electron chi connectivity index (χ1n) is 5.81. The van der Waals surface area contributed by atoms with Crippen molar-refractivity contribution in [3.63, 3.8) is 0 Å². The summed E-state index contributed by atoms with van der Waals surface area (Å²) in [6, 6.07) is 6.61. The summed E-state index contributed by atoms with van der Waals surface area (Å²) < 4.78 is 0. The van der Waals surface area contributed by atoms with Crippen molar-refractivity contribution in [2.24, 2.45) is 0 Å². The van der Waals surface area contributed by atoms with Crippen molar-refractivity contribution < 1.29 is 4.79 Å². The first-order chi connectivity index (χ1) is 7.55. The number of nitrogens with zero attached hydrogens (tertiary/aromatic N) is 1. The molecule has 1 fully saturated rings. The molecule has 16 heavy (non-hydrogen) atoms. The van der Waals surface area contributed by atoms with Crippen LogP contribution in [0.2, 0.25) is 0 Å². The van der Waals surface area contributed by atoms with E-state index in [0.717, 1.165) is 13.0 Å². The fourth-order valence-corrected chi connectivity index (χ4v) is 2.20. The largest absolute Gasteiger partial charge is 0.344 e. The third-order valence-electron chi connectivity index (χ3n) is 3.51. The lowest BCUT2D eigenvalue weighted by molar-refractivity contribution is -0.117. The Hall–Kier alpha value is -1.31. The van der Waals surface area contributed by atoms with Gasteiger partial charge in [0.1, 0.15) is 0 Å². The van der Waals surface area contributed by atoms with Crippen LogP contribution in [0.4, 0.5) is 0 Å². The normalized spacial score (nSPS) is 16.9. The van der Waals surface area contributed by atoms with Crippen LogP contribution in [0, 0.1) is 6.92 Å². The van der Waals surface area contributed by atoms with Gasteiger partial charge < -0.3 is 4.90 Å². The number of amides is 1. The van der Waals surface area contributed by atoms with Gasteiger partial charge >= 0.3 is 0 Å². The van der Waals surface area contributed by atoms with Crippen molar-refractivity contribution in [2.75, 3.05) is 7.05 Å². The van der Waals surface area contributed by atoms with Crippen molar-refractivity contribution in [3.05, 3.63) is 34.9 Å². The summed E-state index contributed by atoms with van der Waals surface area (Å²) in [5, 5.41) is 0. The lowest BCUT2D eigenvalue weighted by Gasteiger charge is -2.19. The molecule has 2 nitrogen and oxygen atoms in total. The smallest absolute Gasteiger partial charge is 0.209 e. The Kier molecular flexibility index (Phi) is 2.75. The van der Waals surface area contributed by atoms with Gasteiger partial charge in [0, 0.05) is 13.6 Å². The minimum atomic E-state index is 0.368. The summed E-state index contributed by atoms with van der Waals surface area (Å²) in [6.07, 6.45) is 3.43. The summed E-state index contributed by atoms with van der Waals surface area (Å²) in [5.41, 5.74) is 4.36. The van der Waals surface area contributed by atoms with Crippen molar-refractivity contribution in [2.45, 2.75) is 38.6 Å². The third-order valence-corrected chi connectivity index (χ3v) is 3.51. The molecule has 0 radical (unpaired) electrons. The van der Waals surface area contributed by atoms with E-state index in [0.29, 0.717) is 5.41 Å². The maximum Gasteiger partial charge on any atom is 0.209 e. The summed E-state index contributed by atoms with van der Waals surface area (Å²) in [5.74, 6) is 0. The number of hydrogen-bond donors (Lipinski definition) is 0. The van der Waals surface area contributed by atoms with E-state index < -0.39 is 0 Å². The maximum absolute atomic E-state index is 10.7. The number of aryl methyl sites for hydroxylation is 1. The lowest BCUT2D eigenvalue weighted by atomic mass is 9.91. The Morgan fingerprint density at radius 2 is 2.12 bits per heavy atom. The highest BCUT2D eigenvalue weighted by Gasteiger charge is 2.40. The van der Waals surface area contributed by atoms with Gasteiger partial charge in [-0.15, -0.1) is 0 Å². The highest BCUT2D eigenvalue weighted by molar-refractivity contribution is 5.48. The van der Waals surface area contributed by atoms with Gasteiger partial charge in [-0.3, -0.25) is 4.79 Å². The Morgan fingerprint density at radius 3 is 2.69 bits per heavy atom. The first kappa shape index (κ1) is 11.2. The minimum Gasteiger partial charge on any atom is -0.344 e. The quantitative estimate of drug-likeness (QED) is 0.710. The van der Waals surface area contributed by atoms with Gasteiger partial charge in [0.05, 0.1) is 0 Å². The van der Waals surface area contributed by atoms with E-state index >= 15 is 0 Å². The lowest BCUT2D eigenvalue weighted by Crippen LogP contribution is -2.18. The Labute approximate surface area is 97.3 Å². The standard InChI is InChI=1S/C14H19NO/c1-11-4-5-13(14(2)6-7-14)12(8-11)9-15(3)10-16/h4-5,8,10H,6-7,9H2,1-3H3. The van der Waals surface area contributed by atoms with Crippen LogP contribution in [0.1, 0.15) is 36.5 Å². The molecule has 1 amide bonds. The molecule has 86 valence electrons. The molecule has 0 spiro atoms. The molecule has 1 aromatic carbocycles.